The van der Waals surface area contributed by atoms with Gasteiger partial charge in [-0.3, -0.25) is 4.57 Å². The van der Waals surface area contributed by atoms with E-state index in [2.05, 4.69) is 9.97 Å². The number of hydrogen-bond acceptors (Lipinski definition) is 3. The van der Waals surface area contributed by atoms with E-state index in [-0.39, 0.29) is 18.8 Å². The van der Waals surface area contributed by atoms with Crippen molar-refractivity contribution >= 4 is 22.8 Å². The average Bonchev–Trinajstić information content (AvgIpc) is 2.45. The molecule has 0 atom stereocenters. The molecule has 14 heavy (non-hydrogen) atoms. The van der Waals surface area contributed by atoms with Gasteiger partial charge in [0.15, 0.2) is 5.65 Å². The van der Waals surface area contributed by atoms with Crippen LogP contribution in [0.5, 0.6) is 0 Å². The minimum Gasteiger partial charge on any atom is -0.395 e. The average molecular weight is 214 g/mol. The van der Waals surface area contributed by atoms with Gasteiger partial charge in [0.25, 0.3) is 0 Å². The van der Waals surface area contributed by atoms with Crippen molar-refractivity contribution in [1.82, 2.24) is 14.5 Å². The third-order valence-electron chi connectivity index (χ3n) is 1.91. The molecule has 0 spiro atoms. The zero-order valence-corrected chi connectivity index (χ0v) is 7.95. The normalized spacial score (nSPS) is 11.0. The van der Waals surface area contributed by atoms with Crippen LogP contribution in [0.15, 0.2) is 16.9 Å². The molecule has 0 amide bonds. The summed E-state index contributed by atoms with van der Waals surface area (Å²) in [5.41, 5.74) is 0.799. The number of hydrogen-bond donors (Lipinski definition) is 2. The highest BCUT2D eigenvalue weighted by molar-refractivity contribution is 6.29. The molecule has 0 radical (unpaired) electrons. The van der Waals surface area contributed by atoms with E-state index in [0.717, 1.165) is 0 Å². The maximum Gasteiger partial charge on any atom is 0.327 e. The van der Waals surface area contributed by atoms with Gasteiger partial charge in [-0.2, -0.15) is 0 Å². The molecule has 74 valence electrons. The van der Waals surface area contributed by atoms with Crippen molar-refractivity contribution in [2.75, 3.05) is 6.61 Å². The summed E-state index contributed by atoms with van der Waals surface area (Å²) in [4.78, 5) is 18.0. The number of H-pyrrole nitrogens is 1. The fourth-order valence-corrected chi connectivity index (χ4v) is 1.46. The Balaban J connectivity index is 2.73. The molecule has 2 N–H and O–H groups in total. The first-order valence-electron chi connectivity index (χ1n) is 4.08. The van der Waals surface area contributed by atoms with Gasteiger partial charge in [-0.05, 0) is 12.1 Å². The molecule has 0 saturated carbocycles. The van der Waals surface area contributed by atoms with E-state index in [0.29, 0.717) is 16.3 Å². The highest BCUT2D eigenvalue weighted by atomic mass is 35.5. The number of aromatic nitrogens is 3. The summed E-state index contributed by atoms with van der Waals surface area (Å²) in [6.07, 6.45) is 0. The fraction of sp³-hybridized carbons (Fsp3) is 0.250. The minimum atomic E-state index is -0.288. The molecule has 0 aliphatic heterocycles. The van der Waals surface area contributed by atoms with Gasteiger partial charge in [0.05, 0.1) is 18.7 Å². The van der Waals surface area contributed by atoms with Gasteiger partial charge in [0.2, 0.25) is 0 Å². The number of aromatic amines is 1. The summed E-state index contributed by atoms with van der Waals surface area (Å²) in [6, 6.07) is 3.28. The zero-order valence-electron chi connectivity index (χ0n) is 7.20. The maximum atomic E-state index is 11.4. The second-order valence-electron chi connectivity index (χ2n) is 2.81. The molecule has 2 aromatic heterocycles. The van der Waals surface area contributed by atoms with Crippen LogP contribution >= 0.6 is 11.6 Å². The molecule has 0 aliphatic carbocycles. The highest BCUT2D eigenvalue weighted by Gasteiger charge is 2.07. The summed E-state index contributed by atoms with van der Waals surface area (Å²) in [7, 11) is 0. The van der Waals surface area contributed by atoms with E-state index in [1.807, 2.05) is 0 Å². The number of aliphatic hydroxyl groups is 1. The molecule has 5 nitrogen and oxygen atoms in total. The topological polar surface area (TPSA) is 70.9 Å². The first-order valence-corrected chi connectivity index (χ1v) is 4.46. The minimum absolute atomic E-state index is 0.110. The lowest BCUT2D eigenvalue weighted by Crippen LogP contribution is -2.18. The molecule has 0 aromatic carbocycles. The lowest BCUT2D eigenvalue weighted by molar-refractivity contribution is 0.276. The Morgan fingerprint density at radius 1 is 1.57 bits per heavy atom. The largest absolute Gasteiger partial charge is 0.395 e. The second kappa shape index (κ2) is 3.43. The van der Waals surface area contributed by atoms with Gasteiger partial charge in [0, 0.05) is 0 Å². The smallest absolute Gasteiger partial charge is 0.327 e. The van der Waals surface area contributed by atoms with Gasteiger partial charge in [-0.1, -0.05) is 11.6 Å². The molecule has 2 rings (SSSR count). The summed E-state index contributed by atoms with van der Waals surface area (Å²) in [5.74, 6) is 0. The Morgan fingerprint density at radius 3 is 3.07 bits per heavy atom. The molecule has 6 heteroatoms. The third-order valence-corrected chi connectivity index (χ3v) is 2.12. The van der Waals surface area contributed by atoms with Gasteiger partial charge in [-0.15, -0.1) is 0 Å². The molecular formula is C8H8ClN3O2. The number of pyridine rings is 1. The molecule has 0 unspecified atom stereocenters. The van der Waals surface area contributed by atoms with Gasteiger partial charge in [-0.25, -0.2) is 9.78 Å². The number of nitrogens with zero attached hydrogens (tertiary/aromatic N) is 2. The summed E-state index contributed by atoms with van der Waals surface area (Å²) < 4.78 is 1.35. The van der Waals surface area contributed by atoms with Crippen molar-refractivity contribution in [2.45, 2.75) is 6.54 Å². The SMILES string of the molecule is O=c1[nH]c2ccc(Cl)nc2n1CCO. The first-order chi connectivity index (χ1) is 6.72. The number of imidazole rings is 1. The van der Waals surface area contributed by atoms with Crippen LogP contribution in [0.1, 0.15) is 0 Å². The third kappa shape index (κ3) is 1.40. The van der Waals surface area contributed by atoms with Crippen molar-refractivity contribution < 1.29 is 5.11 Å². The molecule has 0 saturated heterocycles. The number of rotatable bonds is 2. The van der Waals surface area contributed by atoms with Crippen LogP contribution in [0, 0.1) is 0 Å². The van der Waals surface area contributed by atoms with Crippen LogP contribution in [0.4, 0.5) is 0 Å². The molecule has 2 aromatic rings. The van der Waals surface area contributed by atoms with E-state index in [4.69, 9.17) is 16.7 Å². The van der Waals surface area contributed by atoms with Gasteiger partial charge < -0.3 is 10.1 Å². The quantitative estimate of drug-likeness (QED) is 0.708. The summed E-state index contributed by atoms with van der Waals surface area (Å²) in [5, 5.41) is 9.08. The molecule has 0 bridgehead atoms. The van der Waals surface area contributed by atoms with Crippen LogP contribution in [-0.2, 0) is 6.54 Å². The van der Waals surface area contributed by atoms with Gasteiger partial charge >= 0.3 is 5.69 Å². The molecule has 0 fully saturated rings. The Kier molecular flexibility index (Phi) is 2.26. The second-order valence-corrected chi connectivity index (χ2v) is 3.20. The number of aliphatic hydroxyl groups excluding tert-OH is 1. The Bertz CT molecular complexity index is 517. The van der Waals surface area contributed by atoms with E-state index in [1.165, 1.54) is 4.57 Å². The number of halogens is 1. The number of fused-ring (bicyclic) bond motifs is 1. The van der Waals surface area contributed by atoms with Crippen molar-refractivity contribution in [2.24, 2.45) is 0 Å². The monoisotopic (exact) mass is 213 g/mol. The summed E-state index contributed by atoms with van der Waals surface area (Å²) in [6.45, 7) is 0.104. The van der Waals surface area contributed by atoms with E-state index >= 15 is 0 Å². The van der Waals surface area contributed by atoms with Crippen LogP contribution in [0.3, 0.4) is 0 Å². The standard InChI is InChI=1S/C8H8ClN3O2/c9-6-2-1-5-7(11-6)12(3-4-13)8(14)10-5/h1-2,13H,3-4H2,(H,10,14). The van der Waals surface area contributed by atoms with Crippen molar-refractivity contribution in [3.8, 4) is 0 Å². The van der Waals surface area contributed by atoms with Gasteiger partial charge in [0.1, 0.15) is 5.15 Å². The molecule has 2 heterocycles. The maximum absolute atomic E-state index is 11.4. The molecule has 0 aliphatic rings. The predicted octanol–water partition coefficient (Wildman–Crippen LogP) is 0.370. The number of nitrogens with one attached hydrogen (secondary N) is 1. The Labute approximate surface area is 84.0 Å². The Morgan fingerprint density at radius 2 is 2.36 bits per heavy atom. The lowest BCUT2D eigenvalue weighted by atomic mass is 10.4. The van der Waals surface area contributed by atoms with Crippen molar-refractivity contribution in [3.63, 3.8) is 0 Å². The Hall–Kier alpha value is -1.33. The van der Waals surface area contributed by atoms with Crippen molar-refractivity contribution in [3.05, 3.63) is 27.8 Å². The first kappa shape index (κ1) is 9.23. The van der Waals surface area contributed by atoms with Crippen LogP contribution in [0.2, 0.25) is 5.15 Å². The van der Waals surface area contributed by atoms with Crippen molar-refractivity contribution in [1.29, 1.82) is 0 Å². The summed E-state index contributed by atoms with van der Waals surface area (Å²) >= 11 is 5.70. The lowest BCUT2D eigenvalue weighted by Gasteiger charge is -1.98. The van der Waals surface area contributed by atoms with Crippen LogP contribution in [-0.4, -0.2) is 26.2 Å². The fourth-order valence-electron chi connectivity index (χ4n) is 1.31. The van der Waals surface area contributed by atoms with Crippen LogP contribution in [0.25, 0.3) is 11.2 Å². The van der Waals surface area contributed by atoms with Crippen LogP contribution < -0.4 is 5.69 Å². The van der Waals surface area contributed by atoms with E-state index in [1.54, 1.807) is 12.1 Å². The molecular weight excluding hydrogens is 206 g/mol. The van der Waals surface area contributed by atoms with E-state index in [9.17, 15) is 4.79 Å². The zero-order chi connectivity index (χ0) is 10.1. The predicted molar refractivity (Wildman–Crippen MR) is 52.4 cm³/mol. The van der Waals surface area contributed by atoms with E-state index < -0.39 is 0 Å². The highest BCUT2D eigenvalue weighted by Crippen LogP contribution is 2.11.